The van der Waals surface area contributed by atoms with Gasteiger partial charge in [-0.3, -0.25) is 10.1 Å². The van der Waals surface area contributed by atoms with Crippen LogP contribution >= 0.6 is 0 Å². The lowest BCUT2D eigenvalue weighted by atomic mass is 10.2. The molecule has 0 atom stereocenters. The van der Waals surface area contributed by atoms with Crippen LogP contribution in [0.5, 0.6) is 0 Å². The molecule has 0 saturated heterocycles. The molecule has 3 heteroatoms. The van der Waals surface area contributed by atoms with Crippen LogP contribution in [-0.2, 0) is 0 Å². The average Bonchev–Trinajstić information content (AvgIpc) is 1.27. The minimum atomic E-state index is -0.426. The van der Waals surface area contributed by atoms with Crippen LogP contribution in [0, 0.1) is 22.6 Å². The van der Waals surface area contributed by atoms with Gasteiger partial charge in [0.2, 0.25) is 0 Å². The average molecular weight is 102 g/mol. The van der Waals surface area contributed by atoms with E-state index in [2.05, 4.69) is 0 Å². The summed E-state index contributed by atoms with van der Waals surface area (Å²) in [7, 11) is 0. The zero-order valence-electron chi connectivity index (χ0n) is 4.42. The van der Waals surface area contributed by atoms with Crippen LogP contribution in [0.15, 0.2) is 0 Å². The van der Waals surface area contributed by atoms with Crippen molar-refractivity contribution in [1.29, 1.82) is 0 Å². The molecular formula is C4H8NO2. The van der Waals surface area contributed by atoms with Gasteiger partial charge in [-0.15, -0.1) is 0 Å². The number of rotatable bonds is 2. The molecule has 0 saturated carbocycles. The van der Waals surface area contributed by atoms with Gasteiger partial charge in [-0.05, 0) is 0 Å². The minimum Gasteiger partial charge on any atom is -0.264 e. The first kappa shape index (κ1) is 6.40. The van der Waals surface area contributed by atoms with Crippen molar-refractivity contribution in [2.45, 2.75) is 13.8 Å². The molecule has 3 nitrogen and oxygen atoms in total. The lowest BCUT2D eigenvalue weighted by molar-refractivity contribution is -0.442. The number of nitro groups is 1. The normalized spacial score (nSPS) is 9.57. The Morgan fingerprint density at radius 1 is 1.71 bits per heavy atom. The van der Waals surface area contributed by atoms with Crippen molar-refractivity contribution in [1.82, 2.24) is 0 Å². The van der Waals surface area contributed by atoms with Crippen molar-refractivity contribution >= 4 is 0 Å². The van der Waals surface area contributed by atoms with Crippen LogP contribution < -0.4 is 0 Å². The van der Waals surface area contributed by atoms with Gasteiger partial charge in [0.05, 0.1) is 0 Å². The monoisotopic (exact) mass is 102 g/mol. The third kappa shape index (κ3) is 5.40. The van der Waals surface area contributed by atoms with Crippen LogP contribution in [0.25, 0.3) is 0 Å². The van der Waals surface area contributed by atoms with Crippen LogP contribution in [-0.4, -0.2) is 4.92 Å². The van der Waals surface area contributed by atoms with Gasteiger partial charge < -0.3 is 0 Å². The van der Waals surface area contributed by atoms with Gasteiger partial charge in [0.15, 0.2) is 0 Å². The van der Waals surface area contributed by atoms with Crippen molar-refractivity contribution < 1.29 is 4.92 Å². The first-order valence-electron chi connectivity index (χ1n) is 2.11. The molecule has 0 N–H and O–H groups in total. The van der Waals surface area contributed by atoms with E-state index in [1.165, 1.54) is 0 Å². The summed E-state index contributed by atoms with van der Waals surface area (Å²) >= 11 is 0. The summed E-state index contributed by atoms with van der Waals surface area (Å²) in [5, 5.41) is 9.56. The first-order chi connectivity index (χ1) is 3.13. The molecule has 0 aliphatic carbocycles. The van der Waals surface area contributed by atoms with Crippen molar-refractivity contribution in [3.63, 3.8) is 0 Å². The van der Waals surface area contributed by atoms with E-state index >= 15 is 0 Å². The van der Waals surface area contributed by atoms with Crippen LogP contribution in [0.1, 0.15) is 13.8 Å². The van der Waals surface area contributed by atoms with Crippen molar-refractivity contribution in [3.8, 4) is 0 Å². The van der Waals surface area contributed by atoms with Crippen molar-refractivity contribution in [2.24, 2.45) is 5.92 Å². The second-order valence-corrected chi connectivity index (χ2v) is 1.68. The largest absolute Gasteiger partial charge is 0.281 e. The molecule has 0 rings (SSSR count). The van der Waals surface area contributed by atoms with E-state index in [1.807, 2.05) is 0 Å². The summed E-state index contributed by atoms with van der Waals surface area (Å²) in [5.41, 5.74) is 0. The van der Waals surface area contributed by atoms with Gasteiger partial charge in [0.25, 0.3) is 6.54 Å². The molecule has 0 unspecified atom stereocenters. The molecule has 7 heavy (non-hydrogen) atoms. The highest BCUT2D eigenvalue weighted by Gasteiger charge is 2.02. The van der Waals surface area contributed by atoms with Gasteiger partial charge in [-0.25, -0.2) is 0 Å². The van der Waals surface area contributed by atoms with E-state index in [0.717, 1.165) is 6.54 Å². The molecule has 0 aliphatic rings. The maximum Gasteiger partial charge on any atom is 0.281 e. The highest BCUT2D eigenvalue weighted by molar-refractivity contribution is 4.51. The summed E-state index contributed by atoms with van der Waals surface area (Å²) in [6.45, 7) is 4.59. The molecule has 0 fully saturated rings. The van der Waals surface area contributed by atoms with Crippen molar-refractivity contribution in [3.05, 3.63) is 16.7 Å². The fourth-order valence-electron chi connectivity index (χ4n) is 0.243. The predicted octanol–water partition coefficient (Wildman–Crippen LogP) is 1.08. The van der Waals surface area contributed by atoms with Gasteiger partial charge in [0.1, 0.15) is 0 Å². The fraction of sp³-hybridized carbons (Fsp3) is 0.750. The Balaban J connectivity index is 3.13. The summed E-state index contributed by atoms with van der Waals surface area (Å²) in [6.07, 6.45) is 0. The van der Waals surface area contributed by atoms with Gasteiger partial charge >= 0.3 is 0 Å². The second-order valence-electron chi connectivity index (χ2n) is 1.68. The van der Waals surface area contributed by atoms with E-state index in [1.54, 1.807) is 13.8 Å². The zero-order valence-corrected chi connectivity index (χ0v) is 4.42. The van der Waals surface area contributed by atoms with E-state index in [0.29, 0.717) is 0 Å². The molecule has 0 bridgehead atoms. The molecule has 0 aromatic carbocycles. The highest BCUT2D eigenvalue weighted by atomic mass is 16.6. The summed E-state index contributed by atoms with van der Waals surface area (Å²) in [6, 6.07) is 0. The van der Waals surface area contributed by atoms with E-state index in [9.17, 15) is 10.1 Å². The SMILES string of the molecule is CC(C)[CH][N+](=O)[O-]. The highest BCUT2D eigenvalue weighted by Crippen LogP contribution is 1.95. The third-order valence-electron chi connectivity index (χ3n) is 0.420. The molecule has 41 valence electrons. The maximum absolute atomic E-state index is 9.56. The number of hydrogen-bond acceptors (Lipinski definition) is 2. The quantitative estimate of drug-likeness (QED) is 0.386. The maximum atomic E-state index is 9.56. The molecule has 0 aromatic heterocycles. The Hall–Kier alpha value is -0.600. The Kier molecular flexibility index (Phi) is 2.33. The Labute approximate surface area is 42.5 Å². The summed E-state index contributed by atoms with van der Waals surface area (Å²) in [4.78, 5) is 9.13. The topological polar surface area (TPSA) is 43.1 Å². The Morgan fingerprint density at radius 3 is 2.14 bits per heavy atom. The number of hydrogen-bond donors (Lipinski definition) is 0. The first-order valence-corrected chi connectivity index (χ1v) is 2.11. The molecule has 1 radical (unpaired) electrons. The molecule has 0 heterocycles. The standard InChI is InChI=1S/C4H8NO2/c1-4(2)3-5(6)7/h3-4H,1-2H3. The van der Waals surface area contributed by atoms with Crippen molar-refractivity contribution in [2.75, 3.05) is 0 Å². The smallest absolute Gasteiger partial charge is 0.264 e. The van der Waals surface area contributed by atoms with Crippen LogP contribution in [0.3, 0.4) is 0 Å². The lowest BCUT2D eigenvalue weighted by Crippen LogP contribution is -1.98. The summed E-state index contributed by atoms with van der Waals surface area (Å²) < 4.78 is 0. The summed E-state index contributed by atoms with van der Waals surface area (Å²) in [5.74, 6) is 0.0509. The zero-order chi connectivity index (χ0) is 5.86. The molecule has 0 aromatic rings. The van der Waals surface area contributed by atoms with E-state index < -0.39 is 4.92 Å². The lowest BCUT2D eigenvalue weighted by Gasteiger charge is -1.90. The Morgan fingerprint density at radius 2 is 2.14 bits per heavy atom. The fourth-order valence-corrected chi connectivity index (χ4v) is 0.243. The van der Waals surface area contributed by atoms with E-state index in [4.69, 9.17) is 0 Å². The van der Waals surface area contributed by atoms with E-state index in [-0.39, 0.29) is 5.92 Å². The second kappa shape index (κ2) is 2.55. The van der Waals surface area contributed by atoms with Gasteiger partial charge in [0, 0.05) is 10.8 Å². The predicted molar refractivity (Wildman–Crippen MR) is 26.1 cm³/mol. The third-order valence-corrected chi connectivity index (χ3v) is 0.420. The Bertz CT molecular complexity index is 70.1. The molecular weight excluding hydrogens is 94.0 g/mol. The molecule has 0 amide bonds. The minimum absolute atomic E-state index is 0.0509. The number of nitrogens with zero attached hydrogens (tertiary/aromatic N) is 1. The molecule has 0 spiro atoms. The molecule has 0 aliphatic heterocycles. The van der Waals surface area contributed by atoms with Crippen LogP contribution in [0.2, 0.25) is 0 Å². The van der Waals surface area contributed by atoms with Gasteiger partial charge in [-0.1, -0.05) is 13.8 Å². The van der Waals surface area contributed by atoms with Gasteiger partial charge in [-0.2, -0.15) is 0 Å². The van der Waals surface area contributed by atoms with Crippen LogP contribution in [0.4, 0.5) is 0 Å².